The maximum absolute atomic E-state index is 5.76. The summed E-state index contributed by atoms with van der Waals surface area (Å²) in [6.07, 6.45) is 2.41. The summed E-state index contributed by atoms with van der Waals surface area (Å²) in [7, 11) is 0. The van der Waals surface area contributed by atoms with E-state index in [1.807, 2.05) is 12.1 Å². The molecule has 0 atom stereocenters. The van der Waals surface area contributed by atoms with E-state index in [0.29, 0.717) is 0 Å². The third-order valence-corrected chi connectivity index (χ3v) is 3.26. The molecule has 0 aliphatic heterocycles. The molecule has 0 spiro atoms. The molecule has 0 bridgehead atoms. The smallest absolute Gasteiger partial charge is 0.0429 e. The summed E-state index contributed by atoms with van der Waals surface area (Å²) in [5, 5.41) is 0. The molecule has 0 saturated carbocycles. The maximum Gasteiger partial charge on any atom is 0.0429 e. The molecule has 0 aliphatic rings. The van der Waals surface area contributed by atoms with E-state index in [1.165, 1.54) is 24.1 Å². The van der Waals surface area contributed by atoms with E-state index in [9.17, 15) is 0 Å². The van der Waals surface area contributed by atoms with Crippen LogP contribution in [0.15, 0.2) is 54.6 Å². The highest BCUT2D eigenvalue weighted by Gasteiger charge is 2.06. The average molecular weight is 254 g/mol. The van der Waals surface area contributed by atoms with Crippen molar-refractivity contribution in [1.82, 2.24) is 0 Å². The van der Waals surface area contributed by atoms with E-state index < -0.39 is 0 Å². The van der Waals surface area contributed by atoms with Crippen LogP contribution in [0.5, 0.6) is 0 Å². The fraction of sp³-hybridized carbons (Fsp3) is 0.294. The van der Waals surface area contributed by atoms with Gasteiger partial charge in [-0.1, -0.05) is 43.7 Å². The zero-order chi connectivity index (χ0) is 13.5. The van der Waals surface area contributed by atoms with Gasteiger partial charge in [0, 0.05) is 24.5 Å². The number of nitrogens with zero attached hydrogens (tertiary/aromatic N) is 1. The van der Waals surface area contributed by atoms with Gasteiger partial charge < -0.3 is 10.6 Å². The Morgan fingerprint density at radius 1 is 0.947 bits per heavy atom. The van der Waals surface area contributed by atoms with Gasteiger partial charge in [-0.2, -0.15) is 0 Å². The van der Waals surface area contributed by atoms with E-state index >= 15 is 0 Å². The molecular formula is C17H22N2. The summed E-state index contributed by atoms with van der Waals surface area (Å²) in [6, 6.07) is 18.8. The van der Waals surface area contributed by atoms with Crippen molar-refractivity contribution >= 4 is 11.4 Å². The monoisotopic (exact) mass is 254 g/mol. The lowest BCUT2D eigenvalue weighted by molar-refractivity contribution is 0.716. The van der Waals surface area contributed by atoms with Crippen molar-refractivity contribution < 1.29 is 0 Å². The molecule has 0 aliphatic carbocycles. The molecule has 2 N–H and O–H groups in total. The number of nitrogens with two attached hydrogens (primary N) is 1. The Hall–Kier alpha value is -1.96. The summed E-state index contributed by atoms with van der Waals surface area (Å²) in [5.41, 5.74) is 9.16. The fourth-order valence-corrected chi connectivity index (χ4v) is 2.14. The second-order valence-electron chi connectivity index (χ2n) is 4.85. The lowest BCUT2D eigenvalue weighted by Crippen LogP contribution is -2.23. The van der Waals surface area contributed by atoms with E-state index in [-0.39, 0.29) is 0 Å². The van der Waals surface area contributed by atoms with Crippen molar-refractivity contribution in [3.8, 4) is 0 Å². The van der Waals surface area contributed by atoms with Crippen LogP contribution >= 0.6 is 0 Å². The minimum Gasteiger partial charge on any atom is -0.399 e. The average Bonchev–Trinajstić information content (AvgIpc) is 2.45. The van der Waals surface area contributed by atoms with Crippen LogP contribution in [0.2, 0.25) is 0 Å². The predicted molar refractivity (Wildman–Crippen MR) is 83.3 cm³/mol. The number of nitrogen functional groups attached to an aromatic ring is 1. The molecule has 2 aromatic carbocycles. The molecule has 0 aromatic heterocycles. The predicted octanol–water partition coefficient (Wildman–Crippen LogP) is 4.08. The number of unbranched alkanes of at least 4 members (excludes halogenated alkanes) is 1. The first-order valence-electron chi connectivity index (χ1n) is 6.94. The second-order valence-corrected chi connectivity index (χ2v) is 4.85. The van der Waals surface area contributed by atoms with Gasteiger partial charge in [0.2, 0.25) is 0 Å². The summed E-state index contributed by atoms with van der Waals surface area (Å²) < 4.78 is 0. The Kier molecular flexibility index (Phi) is 4.85. The molecule has 2 nitrogen and oxygen atoms in total. The molecule has 0 radical (unpaired) electrons. The first-order valence-corrected chi connectivity index (χ1v) is 6.94. The summed E-state index contributed by atoms with van der Waals surface area (Å²) >= 11 is 0. The van der Waals surface area contributed by atoms with Gasteiger partial charge in [-0.05, 0) is 36.2 Å². The Bertz CT molecular complexity index is 476. The van der Waals surface area contributed by atoms with E-state index in [2.05, 4.69) is 54.3 Å². The van der Waals surface area contributed by atoms with E-state index in [1.54, 1.807) is 0 Å². The lowest BCUT2D eigenvalue weighted by atomic mass is 10.1. The highest BCUT2D eigenvalue weighted by atomic mass is 15.1. The van der Waals surface area contributed by atoms with Gasteiger partial charge in [0.15, 0.2) is 0 Å². The standard InChI is InChI=1S/C17H22N2/c1-2-3-13-19(14-15-7-5-4-6-8-15)17-11-9-16(18)10-12-17/h4-12H,2-3,13-14,18H2,1H3. The van der Waals surface area contributed by atoms with Gasteiger partial charge in [-0.3, -0.25) is 0 Å². The lowest BCUT2D eigenvalue weighted by Gasteiger charge is -2.25. The Morgan fingerprint density at radius 2 is 1.63 bits per heavy atom. The highest BCUT2D eigenvalue weighted by molar-refractivity contribution is 5.53. The number of benzene rings is 2. The van der Waals surface area contributed by atoms with Gasteiger partial charge in [0.25, 0.3) is 0 Å². The van der Waals surface area contributed by atoms with Crippen LogP contribution in [0.1, 0.15) is 25.3 Å². The Balaban J connectivity index is 2.13. The second kappa shape index (κ2) is 6.83. The van der Waals surface area contributed by atoms with Crippen LogP contribution < -0.4 is 10.6 Å². The number of anilines is 2. The fourth-order valence-electron chi connectivity index (χ4n) is 2.14. The Labute approximate surface area is 115 Å². The zero-order valence-corrected chi connectivity index (χ0v) is 11.5. The van der Waals surface area contributed by atoms with Gasteiger partial charge in [0.05, 0.1) is 0 Å². The quantitative estimate of drug-likeness (QED) is 0.787. The summed E-state index contributed by atoms with van der Waals surface area (Å²) in [4.78, 5) is 2.41. The summed E-state index contributed by atoms with van der Waals surface area (Å²) in [6.45, 7) is 4.25. The maximum atomic E-state index is 5.76. The van der Waals surface area contributed by atoms with Crippen molar-refractivity contribution in [2.45, 2.75) is 26.3 Å². The zero-order valence-electron chi connectivity index (χ0n) is 11.5. The normalized spacial score (nSPS) is 10.4. The molecule has 2 heteroatoms. The van der Waals surface area contributed by atoms with Gasteiger partial charge in [0.1, 0.15) is 0 Å². The van der Waals surface area contributed by atoms with E-state index in [4.69, 9.17) is 5.73 Å². The van der Waals surface area contributed by atoms with Crippen LogP contribution in [0.3, 0.4) is 0 Å². The third-order valence-electron chi connectivity index (χ3n) is 3.26. The van der Waals surface area contributed by atoms with Crippen LogP contribution in [-0.4, -0.2) is 6.54 Å². The molecule has 0 fully saturated rings. The van der Waals surface area contributed by atoms with Crippen molar-refractivity contribution in [2.24, 2.45) is 0 Å². The SMILES string of the molecule is CCCCN(Cc1ccccc1)c1ccc(N)cc1. The largest absolute Gasteiger partial charge is 0.399 e. The number of rotatable bonds is 6. The molecule has 2 rings (SSSR count). The van der Waals surface area contributed by atoms with Crippen LogP contribution in [0.25, 0.3) is 0 Å². The van der Waals surface area contributed by atoms with Gasteiger partial charge in [-0.25, -0.2) is 0 Å². The molecular weight excluding hydrogens is 232 g/mol. The molecule has 2 aromatic rings. The molecule has 100 valence electrons. The van der Waals surface area contributed by atoms with Crippen molar-refractivity contribution in [2.75, 3.05) is 17.2 Å². The van der Waals surface area contributed by atoms with Gasteiger partial charge in [-0.15, -0.1) is 0 Å². The number of hydrogen-bond acceptors (Lipinski definition) is 2. The van der Waals surface area contributed by atoms with Crippen LogP contribution in [-0.2, 0) is 6.54 Å². The van der Waals surface area contributed by atoms with Crippen molar-refractivity contribution in [3.63, 3.8) is 0 Å². The van der Waals surface area contributed by atoms with Crippen molar-refractivity contribution in [3.05, 3.63) is 60.2 Å². The molecule has 0 unspecified atom stereocenters. The van der Waals surface area contributed by atoms with Crippen molar-refractivity contribution in [1.29, 1.82) is 0 Å². The van der Waals surface area contributed by atoms with Gasteiger partial charge >= 0.3 is 0 Å². The molecule has 0 saturated heterocycles. The third kappa shape index (κ3) is 4.02. The number of hydrogen-bond donors (Lipinski definition) is 1. The minimum atomic E-state index is 0.818. The first kappa shape index (κ1) is 13.5. The highest BCUT2D eigenvalue weighted by Crippen LogP contribution is 2.19. The molecule has 0 amide bonds. The Morgan fingerprint density at radius 3 is 2.26 bits per heavy atom. The van der Waals surface area contributed by atoms with E-state index in [0.717, 1.165) is 18.8 Å². The molecule has 19 heavy (non-hydrogen) atoms. The van der Waals surface area contributed by atoms with Crippen LogP contribution in [0.4, 0.5) is 11.4 Å². The summed E-state index contributed by atoms with van der Waals surface area (Å²) in [5.74, 6) is 0. The minimum absolute atomic E-state index is 0.818. The topological polar surface area (TPSA) is 29.3 Å². The first-order chi connectivity index (χ1) is 9.29. The molecule has 0 heterocycles. The van der Waals surface area contributed by atoms with Crippen LogP contribution in [0, 0.1) is 0 Å².